The van der Waals surface area contributed by atoms with Crippen molar-refractivity contribution in [1.82, 2.24) is 9.55 Å². The zero-order valence-electron chi connectivity index (χ0n) is 10.1. The van der Waals surface area contributed by atoms with Gasteiger partial charge in [0.25, 0.3) is 0 Å². The number of nitrogens with two attached hydrogens (primary N) is 1. The summed E-state index contributed by atoms with van der Waals surface area (Å²) in [6, 6.07) is 0. The monoisotopic (exact) mass is 222 g/mol. The van der Waals surface area contributed by atoms with Gasteiger partial charge in [-0.15, -0.1) is 0 Å². The van der Waals surface area contributed by atoms with Gasteiger partial charge < -0.3 is 15.2 Å². The van der Waals surface area contributed by atoms with Crippen LogP contribution in [0.4, 0.5) is 5.95 Å². The molecule has 4 nitrogen and oxygen atoms in total. The molecule has 1 aliphatic rings. The summed E-state index contributed by atoms with van der Waals surface area (Å²) in [5.74, 6) is 1.96. The maximum absolute atomic E-state index is 5.60. The van der Waals surface area contributed by atoms with Crippen LogP contribution in [0.15, 0.2) is 12.4 Å². The van der Waals surface area contributed by atoms with E-state index in [9.17, 15) is 0 Å². The molecule has 0 radical (unpaired) electrons. The first kappa shape index (κ1) is 11.5. The Bertz CT molecular complexity index is 313. The highest BCUT2D eigenvalue weighted by Crippen LogP contribution is 2.23. The minimum Gasteiger partial charge on any atom is -0.342 e. The van der Waals surface area contributed by atoms with E-state index in [0.29, 0.717) is 0 Å². The van der Waals surface area contributed by atoms with Crippen LogP contribution in [-0.2, 0) is 6.54 Å². The van der Waals surface area contributed by atoms with Gasteiger partial charge in [0, 0.05) is 32.0 Å². The molecule has 1 aliphatic heterocycles. The average Bonchev–Trinajstić information content (AvgIpc) is 2.78. The van der Waals surface area contributed by atoms with E-state index in [-0.39, 0.29) is 0 Å². The topological polar surface area (TPSA) is 47.1 Å². The van der Waals surface area contributed by atoms with Gasteiger partial charge in [0.15, 0.2) is 0 Å². The summed E-state index contributed by atoms with van der Waals surface area (Å²) in [7, 11) is 0. The number of piperidine rings is 1. The fraction of sp³-hybridized carbons (Fsp3) is 0.750. The maximum atomic E-state index is 5.60. The van der Waals surface area contributed by atoms with Crippen molar-refractivity contribution in [1.29, 1.82) is 0 Å². The molecule has 16 heavy (non-hydrogen) atoms. The van der Waals surface area contributed by atoms with Crippen LogP contribution >= 0.6 is 0 Å². The Morgan fingerprint density at radius 1 is 1.44 bits per heavy atom. The zero-order valence-corrected chi connectivity index (χ0v) is 10.1. The summed E-state index contributed by atoms with van der Waals surface area (Å²) in [6.07, 6.45) is 7.64. The molecule has 4 heteroatoms. The second-order valence-corrected chi connectivity index (χ2v) is 4.52. The van der Waals surface area contributed by atoms with E-state index in [1.165, 1.54) is 19.3 Å². The predicted octanol–water partition coefficient (Wildman–Crippen LogP) is 1.47. The summed E-state index contributed by atoms with van der Waals surface area (Å²) < 4.78 is 2.21. The SMILES string of the molecule is CCn1ccnc1N1CCC(CCN)CC1. The Labute approximate surface area is 97.4 Å². The van der Waals surface area contributed by atoms with Gasteiger partial charge >= 0.3 is 0 Å². The van der Waals surface area contributed by atoms with Crippen LogP contribution in [0.2, 0.25) is 0 Å². The third-order valence-corrected chi connectivity index (χ3v) is 3.51. The Kier molecular flexibility index (Phi) is 3.83. The zero-order chi connectivity index (χ0) is 11.4. The summed E-state index contributed by atoms with van der Waals surface area (Å²) in [6.45, 7) is 6.24. The van der Waals surface area contributed by atoms with Crippen molar-refractivity contribution in [3.63, 3.8) is 0 Å². The lowest BCUT2D eigenvalue weighted by Gasteiger charge is -2.32. The van der Waals surface area contributed by atoms with Gasteiger partial charge in [-0.25, -0.2) is 4.98 Å². The van der Waals surface area contributed by atoms with Crippen LogP contribution in [0.5, 0.6) is 0 Å². The summed E-state index contributed by atoms with van der Waals surface area (Å²) in [5.41, 5.74) is 5.60. The minimum absolute atomic E-state index is 0.825. The highest BCUT2D eigenvalue weighted by molar-refractivity contribution is 5.31. The Morgan fingerprint density at radius 3 is 2.81 bits per heavy atom. The second-order valence-electron chi connectivity index (χ2n) is 4.52. The first-order valence-electron chi connectivity index (χ1n) is 6.31. The van der Waals surface area contributed by atoms with Crippen molar-refractivity contribution in [3.8, 4) is 0 Å². The molecule has 1 saturated heterocycles. The van der Waals surface area contributed by atoms with Gasteiger partial charge in [0.05, 0.1) is 0 Å². The third kappa shape index (κ3) is 2.38. The van der Waals surface area contributed by atoms with Gasteiger partial charge in [-0.3, -0.25) is 0 Å². The lowest BCUT2D eigenvalue weighted by Crippen LogP contribution is -2.36. The molecule has 2 rings (SSSR count). The van der Waals surface area contributed by atoms with Crippen LogP contribution in [-0.4, -0.2) is 29.2 Å². The smallest absolute Gasteiger partial charge is 0.205 e. The highest BCUT2D eigenvalue weighted by atomic mass is 15.3. The van der Waals surface area contributed by atoms with Crippen LogP contribution in [0.1, 0.15) is 26.2 Å². The number of imidazole rings is 1. The van der Waals surface area contributed by atoms with Gasteiger partial charge in [0.1, 0.15) is 0 Å². The van der Waals surface area contributed by atoms with E-state index < -0.39 is 0 Å². The highest BCUT2D eigenvalue weighted by Gasteiger charge is 2.20. The van der Waals surface area contributed by atoms with E-state index in [4.69, 9.17) is 5.73 Å². The normalized spacial score (nSPS) is 18.0. The van der Waals surface area contributed by atoms with Gasteiger partial charge in [0.2, 0.25) is 5.95 Å². The summed E-state index contributed by atoms with van der Waals surface area (Å²) in [5, 5.41) is 0. The molecule has 0 spiro atoms. The molecule has 0 aliphatic carbocycles. The molecule has 2 heterocycles. The van der Waals surface area contributed by atoms with E-state index in [1.807, 2.05) is 6.20 Å². The Hall–Kier alpha value is -1.03. The van der Waals surface area contributed by atoms with E-state index >= 15 is 0 Å². The van der Waals surface area contributed by atoms with Crippen LogP contribution in [0.3, 0.4) is 0 Å². The van der Waals surface area contributed by atoms with E-state index in [2.05, 4.69) is 27.6 Å². The molecular weight excluding hydrogens is 200 g/mol. The lowest BCUT2D eigenvalue weighted by atomic mass is 9.94. The van der Waals surface area contributed by atoms with Crippen molar-refractivity contribution in [2.75, 3.05) is 24.5 Å². The third-order valence-electron chi connectivity index (χ3n) is 3.51. The number of hydrogen-bond acceptors (Lipinski definition) is 3. The van der Waals surface area contributed by atoms with E-state index in [1.54, 1.807) is 0 Å². The molecular formula is C12H22N4. The number of rotatable bonds is 4. The van der Waals surface area contributed by atoms with Gasteiger partial charge in [-0.1, -0.05) is 0 Å². The molecule has 0 bridgehead atoms. The van der Waals surface area contributed by atoms with Crippen molar-refractivity contribution in [2.24, 2.45) is 11.7 Å². The lowest BCUT2D eigenvalue weighted by molar-refractivity contribution is 0.382. The molecule has 0 unspecified atom stereocenters. The summed E-state index contributed by atoms with van der Waals surface area (Å²) >= 11 is 0. The first-order valence-corrected chi connectivity index (χ1v) is 6.31. The molecule has 0 amide bonds. The number of anilines is 1. The number of aromatic nitrogens is 2. The van der Waals surface area contributed by atoms with Crippen LogP contribution < -0.4 is 10.6 Å². The molecule has 90 valence electrons. The number of aryl methyl sites for hydroxylation is 1. The molecule has 1 aromatic heterocycles. The van der Waals surface area contributed by atoms with Crippen molar-refractivity contribution in [2.45, 2.75) is 32.7 Å². The first-order chi connectivity index (χ1) is 7.85. The molecule has 0 saturated carbocycles. The standard InChI is InChI=1S/C12H22N4/c1-2-15-10-7-14-12(15)16-8-4-11(3-6-13)5-9-16/h7,10-11H,2-6,8-9,13H2,1H3. The summed E-state index contributed by atoms with van der Waals surface area (Å²) in [4.78, 5) is 6.85. The number of hydrogen-bond donors (Lipinski definition) is 1. The molecule has 1 aromatic rings. The van der Waals surface area contributed by atoms with Gasteiger partial charge in [-0.05, 0) is 38.6 Å². The van der Waals surface area contributed by atoms with E-state index in [0.717, 1.165) is 38.0 Å². The Morgan fingerprint density at radius 2 is 2.19 bits per heavy atom. The van der Waals surface area contributed by atoms with Crippen molar-refractivity contribution in [3.05, 3.63) is 12.4 Å². The van der Waals surface area contributed by atoms with Crippen LogP contribution in [0.25, 0.3) is 0 Å². The van der Waals surface area contributed by atoms with Gasteiger partial charge in [-0.2, -0.15) is 0 Å². The largest absolute Gasteiger partial charge is 0.342 e. The second kappa shape index (κ2) is 5.34. The quantitative estimate of drug-likeness (QED) is 0.839. The molecule has 0 aromatic carbocycles. The molecule has 0 atom stereocenters. The number of nitrogens with zero attached hydrogens (tertiary/aromatic N) is 3. The Balaban J connectivity index is 1.93. The fourth-order valence-electron chi connectivity index (χ4n) is 2.49. The molecule has 2 N–H and O–H groups in total. The minimum atomic E-state index is 0.825. The van der Waals surface area contributed by atoms with Crippen LogP contribution in [0, 0.1) is 5.92 Å². The fourth-order valence-corrected chi connectivity index (χ4v) is 2.49. The predicted molar refractivity (Wildman–Crippen MR) is 66.5 cm³/mol. The average molecular weight is 222 g/mol. The molecule has 1 fully saturated rings. The van der Waals surface area contributed by atoms with Crippen molar-refractivity contribution < 1.29 is 0 Å². The maximum Gasteiger partial charge on any atom is 0.205 e. The van der Waals surface area contributed by atoms with Crippen molar-refractivity contribution >= 4 is 5.95 Å².